The predicted octanol–water partition coefficient (Wildman–Crippen LogP) is 0.361. The third kappa shape index (κ3) is 4.45. The van der Waals surface area contributed by atoms with E-state index in [1.165, 1.54) is 6.66 Å². The lowest BCUT2D eigenvalue weighted by Gasteiger charge is -2.24. The van der Waals surface area contributed by atoms with Crippen LogP contribution < -0.4 is 16.3 Å². The van der Waals surface area contributed by atoms with Gasteiger partial charge in [0.15, 0.2) is 11.9 Å². The minimum atomic E-state index is -3.16. The molecule has 2 heterocycles. The molecule has 1 aliphatic heterocycles. The number of ether oxygens (including phenoxy) is 1. The van der Waals surface area contributed by atoms with Crippen molar-refractivity contribution in [1.29, 1.82) is 0 Å². The van der Waals surface area contributed by atoms with E-state index in [-0.39, 0.29) is 12.6 Å². The highest BCUT2D eigenvalue weighted by atomic mass is 31.2. The molecular formula is C14H23FN3O6P. The van der Waals surface area contributed by atoms with Gasteiger partial charge in [0.2, 0.25) is 0 Å². The van der Waals surface area contributed by atoms with Crippen LogP contribution in [-0.4, -0.2) is 51.8 Å². The highest BCUT2D eigenvalue weighted by Gasteiger charge is 2.55. The molecule has 3 N–H and O–H groups in total. The Morgan fingerprint density at radius 1 is 1.56 bits per heavy atom. The first-order chi connectivity index (χ1) is 11.4. The van der Waals surface area contributed by atoms with Gasteiger partial charge in [-0.2, -0.15) is 0 Å². The first-order valence-corrected chi connectivity index (χ1v) is 9.85. The van der Waals surface area contributed by atoms with Crippen molar-refractivity contribution in [3.8, 4) is 0 Å². The summed E-state index contributed by atoms with van der Waals surface area (Å²) in [6, 6.07) is 0.952. The molecule has 11 heteroatoms. The summed E-state index contributed by atoms with van der Waals surface area (Å²) in [6.07, 6.45) is -3.13. The van der Waals surface area contributed by atoms with Gasteiger partial charge in [0.1, 0.15) is 12.2 Å². The number of aliphatic hydroxyl groups excluding tert-OH is 1. The van der Waals surface area contributed by atoms with Crippen molar-refractivity contribution in [1.82, 2.24) is 14.6 Å². The Kier molecular flexibility index (Phi) is 5.70. The maximum atomic E-state index is 14.9. The molecule has 0 aliphatic carbocycles. The molecule has 142 valence electrons. The van der Waals surface area contributed by atoms with Crippen LogP contribution in [-0.2, 0) is 13.8 Å². The summed E-state index contributed by atoms with van der Waals surface area (Å²) in [5.41, 5.74) is -3.82. The number of hydrogen-bond donors (Lipinski definition) is 3. The molecular weight excluding hydrogens is 356 g/mol. The third-order valence-electron chi connectivity index (χ3n) is 3.80. The van der Waals surface area contributed by atoms with Crippen LogP contribution in [0, 0.1) is 0 Å². The summed E-state index contributed by atoms with van der Waals surface area (Å²) in [7, 11) is -3.16. The van der Waals surface area contributed by atoms with Crippen molar-refractivity contribution >= 4 is 7.52 Å². The molecule has 2 rings (SSSR count). The van der Waals surface area contributed by atoms with E-state index in [4.69, 9.17) is 9.26 Å². The highest BCUT2D eigenvalue weighted by Crippen LogP contribution is 2.43. The van der Waals surface area contributed by atoms with Gasteiger partial charge in [0.05, 0.1) is 6.61 Å². The van der Waals surface area contributed by atoms with Crippen LogP contribution in [0.25, 0.3) is 0 Å². The molecule has 0 saturated carbocycles. The topological polar surface area (TPSA) is 123 Å². The zero-order valence-electron chi connectivity index (χ0n) is 14.4. The standard InChI is InChI=1S/C14H23FN3O6P/c1-8(2)17-25(4,22)23-7-9-11(20)14(3,15)12(24-9)18-6-5-10(19)16-13(18)21/h5-6,8-9,11-12,20H,7H2,1-4H3,(H,17,22)(H,16,19,21)/t9-,11+,12-,14-,25?/m1/s1. The Bertz CT molecular complexity index is 776. The Morgan fingerprint density at radius 3 is 2.76 bits per heavy atom. The lowest BCUT2D eigenvalue weighted by molar-refractivity contribution is -0.0585. The molecule has 1 saturated heterocycles. The number of rotatable bonds is 6. The van der Waals surface area contributed by atoms with E-state index in [2.05, 4.69) is 5.09 Å². The molecule has 0 radical (unpaired) electrons. The van der Waals surface area contributed by atoms with E-state index in [9.17, 15) is 23.7 Å². The molecule has 9 nitrogen and oxygen atoms in total. The third-order valence-corrected chi connectivity index (χ3v) is 5.43. The number of aromatic nitrogens is 2. The number of nitrogens with one attached hydrogen (secondary N) is 2. The second-order valence-electron chi connectivity index (χ2n) is 6.57. The molecule has 0 amide bonds. The molecule has 1 aromatic rings. The SMILES string of the molecule is CC(C)NP(C)(=O)OC[C@H]1O[C@@H](n2ccc(=O)[nH]c2=O)[C@](C)(F)[C@H]1O. The summed E-state index contributed by atoms with van der Waals surface area (Å²) in [5, 5.41) is 12.9. The van der Waals surface area contributed by atoms with Crippen molar-refractivity contribution in [3.63, 3.8) is 0 Å². The number of aromatic amines is 1. The smallest absolute Gasteiger partial charge is 0.330 e. The van der Waals surface area contributed by atoms with Gasteiger partial charge in [0, 0.05) is 25.0 Å². The number of aliphatic hydroxyl groups is 1. The lowest BCUT2D eigenvalue weighted by Crippen LogP contribution is -2.43. The molecule has 0 spiro atoms. The average Bonchev–Trinajstić information content (AvgIpc) is 2.67. The Hall–Kier alpha value is -1.32. The van der Waals surface area contributed by atoms with Crippen LogP contribution in [0.2, 0.25) is 0 Å². The number of hydrogen-bond acceptors (Lipinski definition) is 6. The van der Waals surface area contributed by atoms with Crippen LogP contribution in [0.15, 0.2) is 21.9 Å². The van der Waals surface area contributed by atoms with E-state index >= 15 is 0 Å². The van der Waals surface area contributed by atoms with Crippen molar-refractivity contribution in [3.05, 3.63) is 33.1 Å². The normalized spacial score (nSPS) is 32.0. The molecule has 5 atom stereocenters. The summed E-state index contributed by atoms with van der Waals surface area (Å²) >= 11 is 0. The van der Waals surface area contributed by atoms with Gasteiger partial charge < -0.3 is 14.4 Å². The molecule has 1 unspecified atom stereocenters. The van der Waals surface area contributed by atoms with Gasteiger partial charge in [-0.05, 0) is 20.8 Å². The summed E-state index contributed by atoms with van der Waals surface area (Å²) < 4.78 is 38.7. The fourth-order valence-corrected chi connectivity index (χ4v) is 4.13. The summed E-state index contributed by atoms with van der Waals surface area (Å²) in [5.74, 6) is 0. The summed E-state index contributed by atoms with van der Waals surface area (Å²) in [6.45, 7) is 5.70. The van der Waals surface area contributed by atoms with Crippen molar-refractivity contribution < 1.29 is 23.3 Å². The highest BCUT2D eigenvalue weighted by molar-refractivity contribution is 7.56. The maximum Gasteiger partial charge on any atom is 0.330 e. The van der Waals surface area contributed by atoms with E-state index < -0.39 is 42.9 Å². The van der Waals surface area contributed by atoms with E-state index in [1.54, 1.807) is 13.8 Å². The fourth-order valence-electron chi connectivity index (χ4n) is 2.68. The minimum absolute atomic E-state index is 0.0934. The largest absolute Gasteiger partial charge is 0.387 e. The number of halogens is 1. The van der Waals surface area contributed by atoms with Crippen LogP contribution in [0.1, 0.15) is 27.0 Å². The lowest BCUT2D eigenvalue weighted by atomic mass is 9.98. The van der Waals surface area contributed by atoms with Gasteiger partial charge in [0.25, 0.3) is 13.1 Å². The predicted molar refractivity (Wildman–Crippen MR) is 88.5 cm³/mol. The van der Waals surface area contributed by atoms with Gasteiger partial charge in [-0.25, -0.2) is 14.3 Å². The monoisotopic (exact) mass is 379 g/mol. The van der Waals surface area contributed by atoms with E-state index in [0.717, 1.165) is 23.8 Å². The molecule has 1 aromatic heterocycles. The Labute approximate surface area is 143 Å². The molecule has 1 fully saturated rings. The maximum absolute atomic E-state index is 14.9. The zero-order valence-corrected chi connectivity index (χ0v) is 15.3. The number of nitrogens with zero attached hydrogens (tertiary/aromatic N) is 1. The van der Waals surface area contributed by atoms with Crippen LogP contribution in [0.3, 0.4) is 0 Å². The van der Waals surface area contributed by atoms with Crippen LogP contribution >= 0.6 is 7.52 Å². The first-order valence-electron chi connectivity index (χ1n) is 7.78. The zero-order chi connectivity index (χ0) is 19.0. The average molecular weight is 379 g/mol. The van der Waals surface area contributed by atoms with E-state index in [0.29, 0.717) is 0 Å². The minimum Gasteiger partial charge on any atom is -0.387 e. The van der Waals surface area contributed by atoms with Crippen LogP contribution in [0.5, 0.6) is 0 Å². The Morgan fingerprint density at radius 2 is 2.20 bits per heavy atom. The fraction of sp³-hybridized carbons (Fsp3) is 0.714. The molecule has 25 heavy (non-hydrogen) atoms. The van der Waals surface area contributed by atoms with Gasteiger partial charge in [-0.1, -0.05) is 0 Å². The van der Waals surface area contributed by atoms with Crippen LogP contribution in [0.4, 0.5) is 4.39 Å². The second kappa shape index (κ2) is 7.13. The van der Waals surface area contributed by atoms with Crippen molar-refractivity contribution in [2.24, 2.45) is 0 Å². The second-order valence-corrected chi connectivity index (χ2v) is 8.77. The van der Waals surface area contributed by atoms with Gasteiger partial charge in [-0.3, -0.25) is 18.9 Å². The molecule has 0 aromatic carbocycles. The quantitative estimate of drug-likeness (QED) is 0.610. The van der Waals surface area contributed by atoms with E-state index in [1.807, 2.05) is 4.98 Å². The molecule has 1 aliphatic rings. The van der Waals surface area contributed by atoms with Gasteiger partial charge in [-0.15, -0.1) is 0 Å². The number of alkyl halides is 1. The van der Waals surface area contributed by atoms with Crippen molar-refractivity contribution in [2.75, 3.05) is 13.3 Å². The van der Waals surface area contributed by atoms with Gasteiger partial charge >= 0.3 is 5.69 Å². The van der Waals surface area contributed by atoms with Crippen molar-refractivity contribution in [2.45, 2.75) is 50.9 Å². The molecule has 0 bridgehead atoms. The Balaban J connectivity index is 2.17. The summed E-state index contributed by atoms with van der Waals surface area (Å²) in [4.78, 5) is 25.0. The first kappa shape index (κ1) is 20.0. The number of H-pyrrole nitrogens is 1.